The molecule has 0 heterocycles. The molecule has 3 heteroatoms. The highest BCUT2D eigenvalue weighted by molar-refractivity contribution is 5.91. The molecule has 2 unspecified atom stereocenters. The largest absolute Gasteiger partial charge is 0.481 e. The molecule has 3 nitrogen and oxygen atoms in total. The van der Waals surface area contributed by atoms with Crippen LogP contribution >= 0.6 is 0 Å². The molecule has 0 radical (unpaired) electrons. The van der Waals surface area contributed by atoms with E-state index in [1.807, 2.05) is 0 Å². The molecule has 1 fully saturated rings. The van der Waals surface area contributed by atoms with Gasteiger partial charge in [0.15, 0.2) is 5.78 Å². The van der Waals surface area contributed by atoms with E-state index < -0.39 is 5.97 Å². The van der Waals surface area contributed by atoms with E-state index in [9.17, 15) is 14.7 Å². The highest BCUT2D eigenvalue weighted by Gasteiger charge is 2.20. The molecule has 0 saturated heterocycles. The van der Waals surface area contributed by atoms with Gasteiger partial charge >= 0.3 is 5.97 Å². The molecule has 0 spiro atoms. The maximum Gasteiger partial charge on any atom is 0.306 e. The van der Waals surface area contributed by atoms with Crippen molar-refractivity contribution in [3.63, 3.8) is 0 Å². The van der Waals surface area contributed by atoms with E-state index in [1.165, 1.54) is 6.08 Å². The van der Waals surface area contributed by atoms with Gasteiger partial charge in [0.05, 0.1) is 5.92 Å². The fourth-order valence-corrected chi connectivity index (χ4v) is 2.91. The first-order chi connectivity index (χ1) is 9.15. The zero-order valence-electron chi connectivity index (χ0n) is 11.8. The van der Waals surface area contributed by atoms with Gasteiger partial charge in [-0.05, 0) is 31.8 Å². The number of hydrogen-bond donors (Lipinski definition) is 1. The summed E-state index contributed by atoms with van der Waals surface area (Å²) < 4.78 is 0. The van der Waals surface area contributed by atoms with Crippen molar-refractivity contribution in [1.82, 2.24) is 0 Å². The Morgan fingerprint density at radius 1 is 0.842 bits per heavy atom. The van der Waals surface area contributed by atoms with Crippen molar-refractivity contribution in [2.24, 2.45) is 11.8 Å². The van der Waals surface area contributed by atoms with Crippen molar-refractivity contribution in [3.05, 3.63) is 12.7 Å². The Bertz CT molecular complexity index is 309. The summed E-state index contributed by atoms with van der Waals surface area (Å²) in [7, 11) is 0. The van der Waals surface area contributed by atoms with Crippen LogP contribution in [0.2, 0.25) is 0 Å². The lowest BCUT2D eigenvalue weighted by molar-refractivity contribution is -0.142. The van der Waals surface area contributed by atoms with Gasteiger partial charge in [0, 0.05) is 5.92 Å². The summed E-state index contributed by atoms with van der Waals surface area (Å²) in [5.41, 5.74) is 0. The third kappa shape index (κ3) is 6.04. The molecule has 1 aliphatic rings. The standard InChI is InChI=1S/C16H26O3/c1-2-15(17)13-9-6-4-3-5-7-10-14(16(18)19)12-8-11-13/h2,13-14H,1,3-12H2,(H,18,19). The second-order valence-corrected chi connectivity index (χ2v) is 5.61. The van der Waals surface area contributed by atoms with Crippen LogP contribution in [0.25, 0.3) is 0 Å². The average molecular weight is 266 g/mol. The lowest BCUT2D eigenvalue weighted by atomic mass is 9.87. The van der Waals surface area contributed by atoms with Gasteiger partial charge in [0.2, 0.25) is 0 Å². The van der Waals surface area contributed by atoms with Crippen LogP contribution in [0.3, 0.4) is 0 Å². The molecule has 0 aromatic rings. The predicted octanol–water partition coefficient (Wildman–Crippen LogP) is 3.97. The van der Waals surface area contributed by atoms with Crippen molar-refractivity contribution < 1.29 is 14.7 Å². The molecule has 0 amide bonds. The number of allylic oxidation sites excluding steroid dienone is 1. The first-order valence-electron chi connectivity index (χ1n) is 7.54. The molecule has 0 aromatic carbocycles. The van der Waals surface area contributed by atoms with E-state index in [-0.39, 0.29) is 17.6 Å². The van der Waals surface area contributed by atoms with E-state index in [4.69, 9.17) is 0 Å². The van der Waals surface area contributed by atoms with Crippen LogP contribution in [-0.4, -0.2) is 16.9 Å². The second kappa shape index (κ2) is 8.89. The second-order valence-electron chi connectivity index (χ2n) is 5.61. The van der Waals surface area contributed by atoms with Crippen molar-refractivity contribution in [2.45, 2.75) is 64.2 Å². The summed E-state index contributed by atoms with van der Waals surface area (Å²) >= 11 is 0. The number of hydrogen-bond acceptors (Lipinski definition) is 2. The summed E-state index contributed by atoms with van der Waals surface area (Å²) in [6.07, 6.45) is 11.0. The number of carbonyl (C=O) groups excluding carboxylic acids is 1. The predicted molar refractivity (Wildman–Crippen MR) is 76.0 cm³/mol. The number of carboxylic acid groups (broad SMARTS) is 1. The fourth-order valence-electron chi connectivity index (χ4n) is 2.91. The van der Waals surface area contributed by atoms with E-state index in [2.05, 4.69) is 6.58 Å². The van der Waals surface area contributed by atoms with Crippen LogP contribution < -0.4 is 0 Å². The van der Waals surface area contributed by atoms with Gasteiger partial charge in [0.1, 0.15) is 0 Å². The lowest BCUT2D eigenvalue weighted by Crippen LogP contribution is -2.16. The Hall–Kier alpha value is -1.12. The molecule has 1 saturated carbocycles. The number of aliphatic carboxylic acids is 1. The summed E-state index contributed by atoms with van der Waals surface area (Å²) in [6.45, 7) is 3.56. The number of ketones is 1. The molecular weight excluding hydrogens is 240 g/mol. The van der Waals surface area contributed by atoms with Crippen LogP contribution in [0, 0.1) is 11.8 Å². The highest BCUT2D eigenvalue weighted by atomic mass is 16.4. The van der Waals surface area contributed by atoms with E-state index in [1.54, 1.807) is 0 Å². The molecule has 0 aliphatic heterocycles. The third-order valence-corrected chi connectivity index (χ3v) is 4.16. The number of carbonyl (C=O) groups is 2. The Morgan fingerprint density at radius 3 is 1.89 bits per heavy atom. The normalized spacial score (nSPS) is 26.7. The van der Waals surface area contributed by atoms with Gasteiger partial charge in [-0.2, -0.15) is 0 Å². The molecule has 1 aliphatic carbocycles. The van der Waals surface area contributed by atoms with Gasteiger partial charge in [-0.25, -0.2) is 0 Å². The van der Waals surface area contributed by atoms with Crippen LogP contribution in [0.4, 0.5) is 0 Å². The van der Waals surface area contributed by atoms with Crippen molar-refractivity contribution in [1.29, 1.82) is 0 Å². The van der Waals surface area contributed by atoms with E-state index >= 15 is 0 Å². The fraction of sp³-hybridized carbons (Fsp3) is 0.750. The van der Waals surface area contributed by atoms with Gasteiger partial charge in [-0.1, -0.05) is 45.1 Å². The summed E-state index contributed by atoms with van der Waals surface area (Å²) in [6, 6.07) is 0. The Balaban J connectivity index is 2.55. The van der Waals surface area contributed by atoms with Gasteiger partial charge in [-0.3, -0.25) is 9.59 Å². The van der Waals surface area contributed by atoms with Gasteiger partial charge in [0.25, 0.3) is 0 Å². The first-order valence-corrected chi connectivity index (χ1v) is 7.54. The average Bonchev–Trinajstić information content (AvgIpc) is 2.38. The number of rotatable bonds is 3. The molecule has 1 N–H and O–H groups in total. The van der Waals surface area contributed by atoms with Crippen molar-refractivity contribution >= 4 is 11.8 Å². The molecule has 19 heavy (non-hydrogen) atoms. The minimum atomic E-state index is -0.677. The molecule has 0 aromatic heterocycles. The highest BCUT2D eigenvalue weighted by Crippen LogP contribution is 2.24. The molecule has 0 bridgehead atoms. The van der Waals surface area contributed by atoms with Crippen LogP contribution in [0.5, 0.6) is 0 Å². The van der Waals surface area contributed by atoms with Crippen molar-refractivity contribution in [3.8, 4) is 0 Å². The summed E-state index contributed by atoms with van der Waals surface area (Å²) in [5, 5.41) is 9.18. The smallest absolute Gasteiger partial charge is 0.306 e. The quantitative estimate of drug-likeness (QED) is 0.786. The first kappa shape index (κ1) is 15.9. The van der Waals surface area contributed by atoms with Gasteiger partial charge in [-0.15, -0.1) is 0 Å². The van der Waals surface area contributed by atoms with Gasteiger partial charge < -0.3 is 5.11 Å². The van der Waals surface area contributed by atoms with Crippen LogP contribution in [0.15, 0.2) is 12.7 Å². The van der Waals surface area contributed by atoms with E-state index in [0.717, 1.165) is 57.8 Å². The maximum atomic E-state index is 11.8. The SMILES string of the molecule is C=CC(=O)C1CCCCCCCC(C(=O)O)CCC1. The van der Waals surface area contributed by atoms with E-state index in [0.29, 0.717) is 6.42 Å². The molecule has 108 valence electrons. The van der Waals surface area contributed by atoms with Crippen molar-refractivity contribution in [2.75, 3.05) is 0 Å². The van der Waals surface area contributed by atoms with Crippen LogP contribution in [-0.2, 0) is 9.59 Å². The minimum absolute atomic E-state index is 0.0615. The Morgan fingerprint density at radius 2 is 1.32 bits per heavy atom. The lowest BCUT2D eigenvalue weighted by Gasteiger charge is -2.17. The Kier molecular flexibility index (Phi) is 7.46. The maximum absolute atomic E-state index is 11.8. The topological polar surface area (TPSA) is 54.4 Å². The molecule has 1 rings (SSSR count). The summed E-state index contributed by atoms with van der Waals surface area (Å²) in [4.78, 5) is 22.9. The third-order valence-electron chi connectivity index (χ3n) is 4.16. The van der Waals surface area contributed by atoms with Crippen LogP contribution in [0.1, 0.15) is 64.2 Å². The zero-order chi connectivity index (χ0) is 14.1. The molecular formula is C16H26O3. The monoisotopic (exact) mass is 266 g/mol. The number of carboxylic acids is 1. The minimum Gasteiger partial charge on any atom is -0.481 e. The zero-order valence-corrected chi connectivity index (χ0v) is 11.8. The summed E-state index contributed by atoms with van der Waals surface area (Å²) in [5.74, 6) is -0.710. The molecule has 2 atom stereocenters. The Labute approximate surface area is 116 Å².